The molecule has 0 aliphatic carbocycles. The number of hydrogen-bond acceptors (Lipinski definition) is 3. The van der Waals surface area contributed by atoms with Crippen molar-refractivity contribution in [2.24, 2.45) is 0 Å². The molecule has 0 saturated carbocycles. The van der Waals surface area contributed by atoms with Crippen molar-refractivity contribution in [1.82, 2.24) is 10.2 Å². The molecular formula is C24H26N2O2. The number of nitrogens with zero attached hydrogens (tertiary/aromatic N) is 1. The van der Waals surface area contributed by atoms with E-state index in [0.717, 1.165) is 31.9 Å². The van der Waals surface area contributed by atoms with E-state index in [-0.39, 0.29) is 11.9 Å². The van der Waals surface area contributed by atoms with Crippen LogP contribution in [0.3, 0.4) is 0 Å². The second-order valence-electron chi connectivity index (χ2n) is 7.31. The molecule has 28 heavy (non-hydrogen) atoms. The third-order valence-electron chi connectivity index (χ3n) is 5.44. The Morgan fingerprint density at radius 2 is 1.71 bits per heavy atom. The summed E-state index contributed by atoms with van der Waals surface area (Å²) in [6.07, 6.45) is 0. The molecule has 1 aliphatic rings. The second kappa shape index (κ2) is 8.55. The van der Waals surface area contributed by atoms with Crippen LogP contribution >= 0.6 is 0 Å². The van der Waals surface area contributed by atoms with Gasteiger partial charge >= 0.3 is 0 Å². The Labute approximate surface area is 166 Å². The van der Waals surface area contributed by atoms with E-state index in [9.17, 15) is 4.79 Å². The van der Waals surface area contributed by atoms with Crippen molar-refractivity contribution in [3.8, 4) is 0 Å². The Morgan fingerprint density at radius 1 is 1.00 bits per heavy atom. The summed E-state index contributed by atoms with van der Waals surface area (Å²) >= 11 is 0. The lowest BCUT2D eigenvalue weighted by atomic mass is 9.97. The van der Waals surface area contributed by atoms with E-state index < -0.39 is 0 Å². The Morgan fingerprint density at radius 3 is 2.50 bits per heavy atom. The highest BCUT2D eigenvalue weighted by molar-refractivity contribution is 5.94. The number of morpholine rings is 1. The minimum absolute atomic E-state index is 0.0292. The Bertz CT molecular complexity index is 941. The maximum Gasteiger partial charge on any atom is 0.251 e. The van der Waals surface area contributed by atoms with Crippen LogP contribution in [0.4, 0.5) is 0 Å². The molecule has 1 amide bonds. The van der Waals surface area contributed by atoms with Crippen LogP contribution in [0.1, 0.15) is 27.5 Å². The molecule has 1 atom stereocenters. The number of rotatable bonds is 5. The van der Waals surface area contributed by atoms with Gasteiger partial charge in [-0.05, 0) is 35.4 Å². The molecule has 4 nitrogen and oxygen atoms in total. The van der Waals surface area contributed by atoms with E-state index in [4.69, 9.17) is 4.74 Å². The Kier molecular flexibility index (Phi) is 5.70. The van der Waals surface area contributed by atoms with Crippen molar-refractivity contribution in [2.45, 2.75) is 13.0 Å². The maximum absolute atomic E-state index is 12.7. The quantitative estimate of drug-likeness (QED) is 0.735. The minimum atomic E-state index is -0.0292. The number of carbonyl (C=O) groups is 1. The van der Waals surface area contributed by atoms with Crippen molar-refractivity contribution in [3.05, 3.63) is 83.4 Å². The number of ether oxygens (including phenoxy) is 1. The summed E-state index contributed by atoms with van der Waals surface area (Å²) in [7, 11) is 0. The van der Waals surface area contributed by atoms with Crippen LogP contribution in [0.15, 0.2) is 66.7 Å². The zero-order valence-electron chi connectivity index (χ0n) is 16.2. The number of nitrogens with one attached hydrogen (secondary N) is 1. The molecule has 4 heteroatoms. The Balaban J connectivity index is 1.60. The minimum Gasteiger partial charge on any atom is -0.379 e. The smallest absolute Gasteiger partial charge is 0.251 e. The lowest BCUT2D eigenvalue weighted by Gasteiger charge is -2.35. The lowest BCUT2D eigenvalue weighted by Crippen LogP contribution is -2.43. The summed E-state index contributed by atoms with van der Waals surface area (Å²) in [6, 6.07) is 22.7. The molecule has 0 spiro atoms. The highest BCUT2D eigenvalue weighted by Gasteiger charge is 2.24. The maximum atomic E-state index is 12.7. The standard InChI is InChI=1S/C24H26N2O2/c1-18-9-11-20(12-10-18)24(27)25-17-23(26-13-15-28-16-14-26)22-8-4-6-19-5-2-3-7-21(19)22/h2-12,23H,13-17H2,1H3,(H,25,27). The predicted octanol–water partition coefficient (Wildman–Crippen LogP) is 3.95. The Hall–Kier alpha value is -2.69. The summed E-state index contributed by atoms with van der Waals surface area (Å²) in [5.41, 5.74) is 3.10. The molecule has 1 fully saturated rings. The molecule has 1 heterocycles. The fraction of sp³-hybridized carbons (Fsp3) is 0.292. The van der Waals surface area contributed by atoms with Gasteiger partial charge in [-0.1, -0.05) is 60.2 Å². The van der Waals surface area contributed by atoms with Gasteiger partial charge in [0.25, 0.3) is 5.91 Å². The highest BCUT2D eigenvalue weighted by atomic mass is 16.5. The van der Waals surface area contributed by atoms with Crippen molar-refractivity contribution in [1.29, 1.82) is 0 Å². The molecule has 3 aromatic carbocycles. The fourth-order valence-electron chi connectivity index (χ4n) is 3.86. The van der Waals surface area contributed by atoms with E-state index in [1.807, 2.05) is 31.2 Å². The first kappa shape index (κ1) is 18.7. The largest absolute Gasteiger partial charge is 0.379 e. The van der Waals surface area contributed by atoms with Crippen molar-refractivity contribution in [3.63, 3.8) is 0 Å². The molecule has 1 unspecified atom stereocenters. The highest BCUT2D eigenvalue weighted by Crippen LogP contribution is 2.28. The summed E-state index contributed by atoms with van der Waals surface area (Å²) in [4.78, 5) is 15.1. The van der Waals surface area contributed by atoms with Crippen LogP contribution in [0.5, 0.6) is 0 Å². The summed E-state index contributed by atoms with van der Waals surface area (Å²) in [5.74, 6) is -0.0292. The van der Waals surface area contributed by atoms with Crippen LogP contribution in [0.25, 0.3) is 10.8 Å². The van der Waals surface area contributed by atoms with Gasteiger partial charge in [0.15, 0.2) is 0 Å². The van der Waals surface area contributed by atoms with Gasteiger partial charge < -0.3 is 10.1 Å². The van der Waals surface area contributed by atoms with E-state index >= 15 is 0 Å². The molecular weight excluding hydrogens is 348 g/mol. The normalized spacial score (nSPS) is 16.0. The molecule has 1 aliphatic heterocycles. The van der Waals surface area contributed by atoms with Gasteiger partial charge in [-0.15, -0.1) is 0 Å². The fourth-order valence-corrected chi connectivity index (χ4v) is 3.86. The number of aryl methyl sites for hydroxylation is 1. The molecule has 4 rings (SSSR count). The van der Waals surface area contributed by atoms with Crippen molar-refractivity contribution < 1.29 is 9.53 Å². The number of amides is 1. The van der Waals surface area contributed by atoms with E-state index in [1.165, 1.54) is 16.3 Å². The van der Waals surface area contributed by atoms with Gasteiger partial charge in [-0.3, -0.25) is 9.69 Å². The lowest BCUT2D eigenvalue weighted by molar-refractivity contribution is 0.0165. The summed E-state index contributed by atoms with van der Waals surface area (Å²) < 4.78 is 5.55. The molecule has 1 N–H and O–H groups in total. The van der Waals surface area contributed by atoms with Crippen LogP contribution in [-0.2, 0) is 4.74 Å². The van der Waals surface area contributed by atoms with Gasteiger partial charge in [0, 0.05) is 25.2 Å². The average molecular weight is 374 g/mol. The van der Waals surface area contributed by atoms with Crippen molar-refractivity contribution >= 4 is 16.7 Å². The number of carbonyl (C=O) groups excluding carboxylic acids is 1. The van der Waals surface area contributed by atoms with E-state index in [2.05, 4.69) is 52.7 Å². The first-order valence-electron chi connectivity index (χ1n) is 9.87. The second-order valence-corrected chi connectivity index (χ2v) is 7.31. The predicted molar refractivity (Wildman–Crippen MR) is 113 cm³/mol. The summed E-state index contributed by atoms with van der Waals surface area (Å²) in [6.45, 7) is 5.79. The third-order valence-corrected chi connectivity index (χ3v) is 5.44. The molecule has 3 aromatic rings. The van der Waals surface area contributed by atoms with Crippen molar-refractivity contribution in [2.75, 3.05) is 32.8 Å². The first-order valence-corrected chi connectivity index (χ1v) is 9.87. The number of hydrogen-bond donors (Lipinski definition) is 1. The zero-order valence-corrected chi connectivity index (χ0v) is 16.2. The van der Waals surface area contributed by atoms with Gasteiger partial charge in [0.2, 0.25) is 0 Å². The zero-order chi connectivity index (χ0) is 19.3. The van der Waals surface area contributed by atoms with E-state index in [1.54, 1.807) is 0 Å². The molecule has 1 saturated heterocycles. The SMILES string of the molecule is Cc1ccc(C(=O)NCC(c2cccc3ccccc23)N2CCOCC2)cc1. The van der Waals surface area contributed by atoms with Gasteiger partial charge in [-0.2, -0.15) is 0 Å². The van der Waals surface area contributed by atoms with Gasteiger partial charge in [-0.25, -0.2) is 0 Å². The molecule has 144 valence electrons. The van der Waals surface area contributed by atoms with Crippen LogP contribution in [-0.4, -0.2) is 43.7 Å². The van der Waals surface area contributed by atoms with E-state index in [0.29, 0.717) is 12.1 Å². The third kappa shape index (κ3) is 4.08. The first-order chi connectivity index (χ1) is 13.7. The monoisotopic (exact) mass is 374 g/mol. The molecule has 0 aromatic heterocycles. The van der Waals surface area contributed by atoms with Crippen LogP contribution in [0, 0.1) is 6.92 Å². The average Bonchev–Trinajstić information content (AvgIpc) is 2.75. The van der Waals surface area contributed by atoms with Gasteiger partial charge in [0.05, 0.1) is 19.3 Å². The van der Waals surface area contributed by atoms with Gasteiger partial charge in [0.1, 0.15) is 0 Å². The molecule has 0 bridgehead atoms. The topological polar surface area (TPSA) is 41.6 Å². The van der Waals surface area contributed by atoms with Crippen LogP contribution in [0.2, 0.25) is 0 Å². The van der Waals surface area contributed by atoms with Crippen LogP contribution < -0.4 is 5.32 Å². The number of benzene rings is 3. The molecule has 0 radical (unpaired) electrons. The summed E-state index contributed by atoms with van der Waals surface area (Å²) in [5, 5.41) is 5.62. The number of fused-ring (bicyclic) bond motifs is 1.